The molecular weight excluding hydrogens is 334 g/mol. The number of hydrogen-bond donors (Lipinski definition) is 1. The number of benzene rings is 1. The van der Waals surface area contributed by atoms with Crippen LogP contribution >= 0.6 is 12.4 Å². The Labute approximate surface area is 156 Å². The first-order valence-corrected chi connectivity index (χ1v) is 8.93. The summed E-state index contributed by atoms with van der Waals surface area (Å²) in [5.41, 5.74) is 8.16. The largest absolute Gasteiger partial charge is 0.475 e. The van der Waals surface area contributed by atoms with Gasteiger partial charge in [0.05, 0.1) is 23.3 Å². The van der Waals surface area contributed by atoms with Crippen LogP contribution in [0.1, 0.15) is 44.7 Å². The SMILES string of the molecule is CC1(C)[C@@H]2C[C@H]3OB([C@@H](N)Cc4ccccc4C#N)O[C@@]3(C)[C@H]1C2.Cl. The lowest BCUT2D eigenvalue weighted by Gasteiger charge is -2.64. The highest BCUT2D eigenvalue weighted by atomic mass is 35.5. The normalized spacial score (nSPS) is 35.8. The molecule has 1 aromatic rings. The summed E-state index contributed by atoms with van der Waals surface area (Å²) in [5.74, 6) is 1.01. The first kappa shape index (κ1) is 18.7. The molecule has 1 heterocycles. The van der Waals surface area contributed by atoms with Crippen LogP contribution in [0.3, 0.4) is 0 Å². The summed E-state index contributed by atoms with van der Waals surface area (Å²) in [5, 5.41) is 9.25. The molecule has 0 aromatic heterocycles. The van der Waals surface area contributed by atoms with E-state index in [-0.39, 0.29) is 37.2 Å². The van der Waals surface area contributed by atoms with Crippen LogP contribution in [0.2, 0.25) is 0 Å². The van der Waals surface area contributed by atoms with Gasteiger partial charge in [0, 0.05) is 5.94 Å². The van der Waals surface area contributed by atoms with Crippen molar-refractivity contribution in [3.8, 4) is 6.07 Å². The van der Waals surface area contributed by atoms with Crippen LogP contribution in [-0.2, 0) is 15.7 Å². The third-order valence-electron chi connectivity index (χ3n) is 6.91. The standard InChI is InChI=1S/C19H25BN2O2.ClH/c1-18(2)14-9-15(18)19(3)16(10-14)23-20(24-19)17(22)8-12-6-4-5-7-13(12)11-21;/h4-7,14-17H,8-10,22H2,1-3H3;1H/t14-,15-,16+,17-,19-;/m0./s1. The molecule has 3 saturated carbocycles. The molecule has 6 heteroatoms. The Morgan fingerprint density at radius 3 is 2.72 bits per heavy atom. The second-order valence-electron chi connectivity index (χ2n) is 8.47. The molecule has 0 radical (unpaired) electrons. The minimum atomic E-state index is -0.387. The molecule has 2 N–H and O–H groups in total. The average molecular weight is 361 g/mol. The van der Waals surface area contributed by atoms with Gasteiger partial charge in [-0.15, -0.1) is 12.4 Å². The smallest absolute Gasteiger partial charge is 0.404 e. The lowest BCUT2D eigenvalue weighted by molar-refractivity contribution is -0.199. The van der Waals surface area contributed by atoms with E-state index >= 15 is 0 Å². The van der Waals surface area contributed by atoms with E-state index in [0.29, 0.717) is 23.3 Å². The van der Waals surface area contributed by atoms with E-state index in [1.807, 2.05) is 24.3 Å². The number of nitriles is 1. The number of halogens is 1. The fourth-order valence-corrected chi connectivity index (χ4v) is 5.24. The van der Waals surface area contributed by atoms with Crippen LogP contribution in [0.25, 0.3) is 0 Å². The van der Waals surface area contributed by atoms with Gasteiger partial charge in [-0.25, -0.2) is 0 Å². The Hall–Kier alpha value is -1.06. The quantitative estimate of drug-likeness (QED) is 0.841. The van der Waals surface area contributed by atoms with Crippen molar-refractivity contribution in [2.45, 2.75) is 57.7 Å². The highest BCUT2D eigenvalue weighted by Gasteiger charge is 2.68. The van der Waals surface area contributed by atoms with Crippen LogP contribution in [0.5, 0.6) is 0 Å². The molecule has 1 saturated heterocycles. The van der Waals surface area contributed by atoms with Gasteiger partial charge in [-0.2, -0.15) is 5.26 Å². The van der Waals surface area contributed by atoms with Crippen molar-refractivity contribution < 1.29 is 9.31 Å². The molecule has 4 nitrogen and oxygen atoms in total. The Morgan fingerprint density at radius 2 is 2.04 bits per heavy atom. The fraction of sp³-hybridized carbons (Fsp3) is 0.632. The number of hydrogen-bond acceptors (Lipinski definition) is 4. The maximum Gasteiger partial charge on any atom is 0.475 e. The second-order valence-corrected chi connectivity index (χ2v) is 8.47. The minimum Gasteiger partial charge on any atom is -0.404 e. The summed E-state index contributed by atoms with van der Waals surface area (Å²) in [4.78, 5) is 0. The highest BCUT2D eigenvalue weighted by Crippen LogP contribution is 2.65. The van der Waals surface area contributed by atoms with E-state index in [1.54, 1.807) is 0 Å². The van der Waals surface area contributed by atoms with E-state index in [1.165, 1.54) is 6.42 Å². The Balaban J connectivity index is 0.00000182. The van der Waals surface area contributed by atoms with E-state index in [4.69, 9.17) is 15.0 Å². The fourth-order valence-electron chi connectivity index (χ4n) is 5.24. The molecule has 134 valence electrons. The summed E-state index contributed by atoms with van der Waals surface area (Å²) in [6, 6.07) is 9.85. The third-order valence-corrected chi connectivity index (χ3v) is 6.91. The second kappa shape index (κ2) is 6.28. The van der Waals surface area contributed by atoms with Crippen LogP contribution < -0.4 is 5.73 Å². The monoisotopic (exact) mass is 360 g/mol. The molecule has 1 aromatic carbocycles. The number of rotatable bonds is 3. The van der Waals surface area contributed by atoms with Crippen LogP contribution in [0.4, 0.5) is 0 Å². The lowest BCUT2D eigenvalue weighted by Crippen LogP contribution is -2.65. The number of nitrogens with two attached hydrogens (primary N) is 1. The lowest BCUT2D eigenvalue weighted by atomic mass is 9.43. The Bertz CT molecular complexity index is 707. The summed E-state index contributed by atoms with van der Waals surface area (Å²) >= 11 is 0. The van der Waals surface area contributed by atoms with Crippen LogP contribution in [-0.4, -0.2) is 24.8 Å². The van der Waals surface area contributed by atoms with E-state index < -0.39 is 0 Å². The maximum absolute atomic E-state index is 9.25. The van der Waals surface area contributed by atoms with Gasteiger partial charge in [-0.05, 0) is 55.1 Å². The van der Waals surface area contributed by atoms with Gasteiger partial charge in [0.25, 0.3) is 0 Å². The van der Waals surface area contributed by atoms with Gasteiger partial charge >= 0.3 is 7.12 Å². The summed E-state index contributed by atoms with van der Waals surface area (Å²) in [6.45, 7) is 6.91. The molecule has 5 rings (SSSR count). The molecule has 5 atom stereocenters. The van der Waals surface area contributed by atoms with Crippen molar-refractivity contribution in [2.24, 2.45) is 23.0 Å². The van der Waals surface area contributed by atoms with Crippen LogP contribution in [0.15, 0.2) is 24.3 Å². The Kier molecular flexibility index (Phi) is 4.70. The predicted octanol–water partition coefficient (Wildman–Crippen LogP) is 3.12. The minimum absolute atomic E-state index is 0. The van der Waals surface area contributed by atoms with E-state index in [9.17, 15) is 5.26 Å². The van der Waals surface area contributed by atoms with Gasteiger partial charge in [0.2, 0.25) is 0 Å². The first-order chi connectivity index (χ1) is 11.4. The number of nitrogens with zero attached hydrogens (tertiary/aromatic N) is 1. The molecule has 3 aliphatic carbocycles. The van der Waals surface area contributed by atoms with Gasteiger partial charge in [-0.1, -0.05) is 32.0 Å². The maximum atomic E-state index is 9.25. The van der Waals surface area contributed by atoms with Crippen molar-refractivity contribution in [3.63, 3.8) is 0 Å². The van der Waals surface area contributed by atoms with Gasteiger partial charge in [-0.3, -0.25) is 0 Å². The predicted molar refractivity (Wildman–Crippen MR) is 100 cm³/mol. The van der Waals surface area contributed by atoms with Gasteiger partial charge < -0.3 is 15.0 Å². The summed E-state index contributed by atoms with van der Waals surface area (Å²) in [6.07, 6.45) is 3.05. The molecule has 0 amide bonds. The van der Waals surface area contributed by atoms with Crippen molar-refractivity contribution in [3.05, 3.63) is 35.4 Å². The van der Waals surface area contributed by atoms with Crippen LogP contribution in [0, 0.1) is 28.6 Å². The average Bonchev–Trinajstić information content (AvgIpc) is 2.92. The topological polar surface area (TPSA) is 68.3 Å². The third kappa shape index (κ3) is 2.71. The van der Waals surface area contributed by atoms with E-state index in [2.05, 4.69) is 26.8 Å². The molecule has 25 heavy (non-hydrogen) atoms. The van der Waals surface area contributed by atoms with Crippen molar-refractivity contribution in [1.29, 1.82) is 5.26 Å². The molecule has 4 fully saturated rings. The first-order valence-electron chi connectivity index (χ1n) is 8.93. The van der Waals surface area contributed by atoms with Crippen molar-refractivity contribution in [1.82, 2.24) is 0 Å². The zero-order chi connectivity index (χ0) is 17.1. The van der Waals surface area contributed by atoms with E-state index in [0.717, 1.165) is 17.9 Å². The van der Waals surface area contributed by atoms with Crippen molar-refractivity contribution in [2.75, 3.05) is 0 Å². The zero-order valence-electron chi connectivity index (χ0n) is 15.1. The van der Waals surface area contributed by atoms with Gasteiger partial charge in [0.1, 0.15) is 0 Å². The molecule has 0 unspecified atom stereocenters. The zero-order valence-corrected chi connectivity index (χ0v) is 15.9. The molecule has 2 bridgehead atoms. The highest BCUT2D eigenvalue weighted by molar-refractivity contribution is 6.47. The Morgan fingerprint density at radius 1 is 1.32 bits per heavy atom. The molecule has 1 aliphatic heterocycles. The summed E-state index contributed by atoms with van der Waals surface area (Å²) in [7, 11) is -0.387. The molecule has 4 aliphatic rings. The van der Waals surface area contributed by atoms with Gasteiger partial charge in [0.15, 0.2) is 0 Å². The summed E-state index contributed by atoms with van der Waals surface area (Å²) < 4.78 is 12.7. The molecule has 0 spiro atoms. The van der Waals surface area contributed by atoms with Crippen molar-refractivity contribution >= 4 is 19.5 Å². The molecular formula is C19H26BClN2O2.